The average Bonchev–Trinajstić information content (AvgIpc) is 3.14. The van der Waals surface area contributed by atoms with Gasteiger partial charge in [0, 0.05) is 41.8 Å². The van der Waals surface area contributed by atoms with Crippen LogP contribution >= 0.6 is 23.4 Å². The van der Waals surface area contributed by atoms with Crippen molar-refractivity contribution in [3.8, 4) is 0 Å². The van der Waals surface area contributed by atoms with Crippen LogP contribution in [0.15, 0.2) is 65.0 Å². The van der Waals surface area contributed by atoms with Crippen LogP contribution in [0.4, 0.5) is 11.6 Å². The van der Waals surface area contributed by atoms with Crippen molar-refractivity contribution in [2.75, 3.05) is 24.3 Å². The Morgan fingerprint density at radius 1 is 1.19 bits per heavy atom. The highest BCUT2D eigenvalue weighted by atomic mass is 35.5. The molecule has 2 aromatic carbocycles. The molecule has 160 valence electrons. The van der Waals surface area contributed by atoms with Crippen molar-refractivity contribution in [1.82, 2.24) is 14.8 Å². The van der Waals surface area contributed by atoms with E-state index in [2.05, 4.69) is 10.3 Å². The Balaban J connectivity index is 1.69. The van der Waals surface area contributed by atoms with Gasteiger partial charge in [-0.2, -0.15) is 4.98 Å². The predicted octanol–water partition coefficient (Wildman–Crippen LogP) is 5.17. The van der Waals surface area contributed by atoms with Crippen molar-refractivity contribution in [1.29, 1.82) is 0 Å². The van der Waals surface area contributed by atoms with Gasteiger partial charge in [0.2, 0.25) is 11.1 Å². The van der Waals surface area contributed by atoms with Gasteiger partial charge in [-0.15, -0.1) is 5.10 Å². The van der Waals surface area contributed by atoms with Crippen molar-refractivity contribution >= 4 is 40.8 Å². The monoisotopic (exact) mass is 453 g/mol. The molecule has 4 rings (SSSR count). The zero-order valence-electron chi connectivity index (χ0n) is 17.9. The first-order valence-corrected chi connectivity index (χ1v) is 11.3. The number of ketones is 1. The van der Waals surface area contributed by atoms with Crippen molar-refractivity contribution in [2.45, 2.75) is 30.8 Å². The second kappa shape index (κ2) is 8.77. The fourth-order valence-electron chi connectivity index (χ4n) is 3.67. The van der Waals surface area contributed by atoms with Gasteiger partial charge >= 0.3 is 0 Å². The first-order chi connectivity index (χ1) is 14.8. The molecule has 0 saturated heterocycles. The number of hydrogen-bond acceptors (Lipinski definition) is 6. The Bertz CT molecular complexity index is 1150. The number of nitrogens with zero attached hydrogens (tertiary/aromatic N) is 4. The van der Waals surface area contributed by atoms with Crippen LogP contribution in [-0.4, -0.2) is 34.6 Å². The zero-order valence-corrected chi connectivity index (χ0v) is 19.5. The number of carbonyl (C=O) groups excluding carboxylic acids is 1. The Morgan fingerprint density at radius 3 is 2.55 bits per heavy atom. The molecule has 0 aliphatic carbocycles. The van der Waals surface area contributed by atoms with E-state index in [-0.39, 0.29) is 11.8 Å². The molecule has 2 heterocycles. The van der Waals surface area contributed by atoms with E-state index < -0.39 is 0 Å². The molecule has 0 radical (unpaired) electrons. The first-order valence-electron chi connectivity index (χ1n) is 9.94. The number of carbonyl (C=O) groups is 1. The van der Waals surface area contributed by atoms with Gasteiger partial charge in [0.1, 0.15) is 6.04 Å². The number of Topliss-reactive ketones (excluding diaryl/α,β-unsaturated/α-hetero) is 1. The number of halogens is 1. The lowest BCUT2D eigenvalue weighted by Gasteiger charge is -2.28. The third-order valence-corrected chi connectivity index (χ3v) is 6.51. The Morgan fingerprint density at radius 2 is 1.90 bits per heavy atom. The number of benzene rings is 2. The summed E-state index contributed by atoms with van der Waals surface area (Å²) in [7, 11) is 4.01. The SMILES string of the molecule is CC(=O)C1=C(C)Nc2nc(SCc3ccccc3Cl)nn2C1c1ccc(N(C)C)cc1. The zero-order chi connectivity index (χ0) is 22.1. The summed E-state index contributed by atoms with van der Waals surface area (Å²) in [4.78, 5) is 19.3. The van der Waals surface area contributed by atoms with E-state index in [1.54, 1.807) is 6.92 Å². The van der Waals surface area contributed by atoms with Crippen LogP contribution in [0, 0.1) is 0 Å². The molecule has 0 amide bonds. The molecule has 1 aliphatic heterocycles. The molecule has 0 fully saturated rings. The fourth-order valence-corrected chi connectivity index (χ4v) is 4.78. The van der Waals surface area contributed by atoms with Crippen LogP contribution in [-0.2, 0) is 10.5 Å². The highest BCUT2D eigenvalue weighted by molar-refractivity contribution is 7.98. The van der Waals surface area contributed by atoms with Gasteiger partial charge < -0.3 is 10.2 Å². The van der Waals surface area contributed by atoms with Gasteiger partial charge in [0.25, 0.3) is 0 Å². The minimum Gasteiger partial charge on any atom is -0.378 e. The van der Waals surface area contributed by atoms with E-state index in [1.807, 2.05) is 79.1 Å². The van der Waals surface area contributed by atoms with Crippen LogP contribution in [0.1, 0.15) is 31.0 Å². The molecule has 1 aromatic heterocycles. The number of hydrogen-bond donors (Lipinski definition) is 1. The summed E-state index contributed by atoms with van der Waals surface area (Å²) in [6.07, 6.45) is 0. The number of aromatic nitrogens is 3. The largest absolute Gasteiger partial charge is 0.378 e. The molecule has 1 unspecified atom stereocenters. The third kappa shape index (κ3) is 4.34. The summed E-state index contributed by atoms with van der Waals surface area (Å²) in [5.74, 6) is 1.31. The second-order valence-corrected chi connectivity index (χ2v) is 9.00. The predicted molar refractivity (Wildman–Crippen MR) is 127 cm³/mol. The van der Waals surface area contributed by atoms with Crippen molar-refractivity contribution in [3.63, 3.8) is 0 Å². The van der Waals surface area contributed by atoms with Gasteiger partial charge in [-0.1, -0.05) is 53.7 Å². The first kappa shape index (κ1) is 21.5. The Labute approximate surface area is 191 Å². The minimum absolute atomic E-state index is 0.0121. The summed E-state index contributed by atoms with van der Waals surface area (Å²) in [6.45, 7) is 3.50. The lowest BCUT2D eigenvalue weighted by molar-refractivity contribution is -0.114. The third-order valence-electron chi connectivity index (χ3n) is 5.25. The van der Waals surface area contributed by atoms with Crippen molar-refractivity contribution in [2.24, 2.45) is 0 Å². The number of anilines is 2. The number of rotatable bonds is 6. The molecule has 0 saturated carbocycles. The molecular weight excluding hydrogens is 430 g/mol. The molecular formula is C23H24ClN5OS. The maximum Gasteiger partial charge on any atom is 0.227 e. The molecule has 1 N–H and O–H groups in total. The average molecular weight is 454 g/mol. The molecule has 0 spiro atoms. The van der Waals surface area contributed by atoms with E-state index in [0.717, 1.165) is 27.5 Å². The summed E-state index contributed by atoms with van der Waals surface area (Å²) in [6, 6.07) is 15.6. The lowest BCUT2D eigenvalue weighted by Crippen LogP contribution is -2.27. The molecule has 1 aliphatic rings. The van der Waals surface area contributed by atoms with Gasteiger partial charge in [0.05, 0.1) is 0 Å². The Kier molecular flexibility index (Phi) is 6.07. The van der Waals surface area contributed by atoms with E-state index in [1.165, 1.54) is 11.8 Å². The lowest BCUT2D eigenvalue weighted by atomic mass is 9.93. The summed E-state index contributed by atoms with van der Waals surface area (Å²) >= 11 is 7.80. The van der Waals surface area contributed by atoms with Crippen LogP contribution in [0.2, 0.25) is 5.02 Å². The van der Waals surface area contributed by atoms with Gasteiger partial charge in [-0.25, -0.2) is 4.68 Å². The van der Waals surface area contributed by atoms with Gasteiger partial charge in [-0.3, -0.25) is 4.79 Å². The summed E-state index contributed by atoms with van der Waals surface area (Å²) in [5, 5.41) is 9.36. The van der Waals surface area contributed by atoms with Gasteiger partial charge in [-0.05, 0) is 43.2 Å². The molecule has 0 bridgehead atoms. The molecule has 8 heteroatoms. The molecule has 3 aromatic rings. The normalized spacial score (nSPS) is 15.5. The quantitative estimate of drug-likeness (QED) is 0.519. The van der Waals surface area contributed by atoms with E-state index in [0.29, 0.717) is 22.4 Å². The topological polar surface area (TPSA) is 63.1 Å². The highest BCUT2D eigenvalue weighted by Gasteiger charge is 2.32. The van der Waals surface area contributed by atoms with Crippen LogP contribution < -0.4 is 10.2 Å². The maximum absolute atomic E-state index is 12.5. The highest BCUT2D eigenvalue weighted by Crippen LogP contribution is 2.37. The smallest absolute Gasteiger partial charge is 0.227 e. The van der Waals surface area contributed by atoms with Crippen LogP contribution in [0.25, 0.3) is 0 Å². The second-order valence-electron chi connectivity index (χ2n) is 7.65. The minimum atomic E-state index is -0.327. The van der Waals surface area contributed by atoms with E-state index in [4.69, 9.17) is 16.7 Å². The molecule has 6 nitrogen and oxygen atoms in total. The number of nitrogens with one attached hydrogen (secondary N) is 1. The standard InChI is InChI=1S/C23H24ClN5OS/c1-14-20(15(2)30)21(16-9-11-18(12-10-16)28(3)4)29-22(25-14)26-23(27-29)31-13-17-7-5-6-8-19(17)24/h5-12,21H,13H2,1-4H3,(H,25,26,27). The Hall–Kier alpha value is -2.77. The van der Waals surface area contributed by atoms with Crippen molar-refractivity contribution in [3.05, 3.63) is 76.0 Å². The van der Waals surface area contributed by atoms with Crippen LogP contribution in [0.3, 0.4) is 0 Å². The fraction of sp³-hybridized carbons (Fsp3) is 0.261. The molecule has 1 atom stereocenters. The summed E-state index contributed by atoms with van der Waals surface area (Å²) < 4.78 is 1.81. The maximum atomic E-state index is 12.5. The van der Waals surface area contributed by atoms with E-state index >= 15 is 0 Å². The number of allylic oxidation sites excluding steroid dienone is 2. The molecule has 31 heavy (non-hydrogen) atoms. The number of thioether (sulfide) groups is 1. The van der Waals surface area contributed by atoms with E-state index in [9.17, 15) is 4.79 Å². The van der Waals surface area contributed by atoms with Crippen LogP contribution in [0.5, 0.6) is 0 Å². The van der Waals surface area contributed by atoms with Crippen molar-refractivity contribution < 1.29 is 4.79 Å². The summed E-state index contributed by atoms with van der Waals surface area (Å²) in [5.41, 5.74) is 4.61. The number of fused-ring (bicyclic) bond motifs is 1. The van der Waals surface area contributed by atoms with Gasteiger partial charge in [0.15, 0.2) is 5.78 Å².